The predicted molar refractivity (Wildman–Crippen MR) is 70.8 cm³/mol. The molecular formula is C12H11N5S. The molecule has 1 aromatic carbocycles. The van der Waals surface area contributed by atoms with Gasteiger partial charge in [0.2, 0.25) is 0 Å². The van der Waals surface area contributed by atoms with E-state index in [1.165, 1.54) is 12.8 Å². The Balaban J connectivity index is 2.00. The Labute approximate surface area is 108 Å². The van der Waals surface area contributed by atoms with Crippen LogP contribution in [0.25, 0.3) is 22.4 Å². The molecule has 1 saturated carbocycles. The Morgan fingerprint density at radius 3 is 2.83 bits per heavy atom. The van der Waals surface area contributed by atoms with Crippen molar-refractivity contribution in [3.63, 3.8) is 0 Å². The van der Waals surface area contributed by atoms with Crippen molar-refractivity contribution in [1.82, 2.24) is 25.0 Å². The molecule has 5 nitrogen and oxygen atoms in total. The highest BCUT2D eigenvalue weighted by molar-refractivity contribution is 7.71. The molecule has 0 bridgehead atoms. The summed E-state index contributed by atoms with van der Waals surface area (Å²) >= 11 is 5.29. The lowest BCUT2D eigenvalue weighted by molar-refractivity contribution is 0.733. The minimum absolute atomic E-state index is 0.488. The fraction of sp³-hybridized carbons (Fsp3) is 0.250. The van der Waals surface area contributed by atoms with Crippen LogP contribution in [0, 0.1) is 4.77 Å². The zero-order valence-electron chi connectivity index (χ0n) is 9.55. The highest BCUT2D eigenvalue weighted by Gasteiger charge is 2.28. The van der Waals surface area contributed by atoms with Gasteiger partial charge in [-0.3, -0.25) is 14.8 Å². The van der Waals surface area contributed by atoms with E-state index in [-0.39, 0.29) is 0 Å². The van der Waals surface area contributed by atoms with E-state index < -0.39 is 0 Å². The summed E-state index contributed by atoms with van der Waals surface area (Å²) in [6.07, 6.45) is 2.34. The third-order valence-corrected chi connectivity index (χ3v) is 3.59. The van der Waals surface area contributed by atoms with Gasteiger partial charge >= 0.3 is 0 Å². The average molecular weight is 257 g/mol. The molecule has 2 N–H and O–H groups in total. The Hall–Kier alpha value is -1.95. The van der Waals surface area contributed by atoms with Gasteiger partial charge in [0.15, 0.2) is 10.6 Å². The van der Waals surface area contributed by atoms with E-state index in [2.05, 4.69) is 25.0 Å². The van der Waals surface area contributed by atoms with Crippen molar-refractivity contribution in [2.45, 2.75) is 18.9 Å². The first-order chi connectivity index (χ1) is 8.84. The Morgan fingerprint density at radius 2 is 2.00 bits per heavy atom. The second-order valence-electron chi connectivity index (χ2n) is 4.57. The summed E-state index contributed by atoms with van der Waals surface area (Å²) in [6, 6.07) is 8.53. The largest absolute Gasteiger partial charge is 0.296 e. The predicted octanol–water partition coefficient (Wildman–Crippen LogP) is 2.82. The number of hydrogen-bond donors (Lipinski definition) is 2. The molecule has 4 rings (SSSR count). The third-order valence-electron chi connectivity index (χ3n) is 3.30. The molecule has 1 fully saturated rings. The van der Waals surface area contributed by atoms with Crippen molar-refractivity contribution in [2.75, 3.05) is 0 Å². The lowest BCUT2D eigenvalue weighted by atomic mass is 10.2. The van der Waals surface area contributed by atoms with Crippen LogP contribution in [0.3, 0.4) is 0 Å². The van der Waals surface area contributed by atoms with Crippen LogP contribution in [0.4, 0.5) is 0 Å². The van der Waals surface area contributed by atoms with Crippen molar-refractivity contribution in [1.29, 1.82) is 0 Å². The van der Waals surface area contributed by atoms with Crippen LogP contribution in [0.5, 0.6) is 0 Å². The molecule has 1 aliphatic rings. The van der Waals surface area contributed by atoms with Gasteiger partial charge in [-0.25, -0.2) is 0 Å². The number of aromatic amines is 2. The maximum Gasteiger partial charge on any atom is 0.195 e. The van der Waals surface area contributed by atoms with E-state index in [0.29, 0.717) is 10.8 Å². The lowest BCUT2D eigenvalue weighted by Crippen LogP contribution is -1.98. The Bertz CT molecular complexity index is 777. The molecule has 0 saturated heterocycles. The van der Waals surface area contributed by atoms with Gasteiger partial charge in [0, 0.05) is 11.4 Å². The van der Waals surface area contributed by atoms with Crippen molar-refractivity contribution in [2.24, 2.45) is 0 Å². The molecule has 6 heteroatoms. The summed E-state index contributed by atoms with van der Waals surface area (Å²) in [7, 11) is 0. The fourth-order valence-electron chi connectivity index (χ4n) is 2.28. The second-order valence-corrected chi connectivity index (χ2v) is 4.96. The minimum atomic E-state index is 0.488. The van der Waals surface area contributed by atoms with Crippen LogP contribution >= 0.6 is 12.2 Å². The quantitative estimate of drug-likeness (QED) is 0.694. The maximum atomic E-state index is 5.29. The molecule has 90 valence electrons. The molecule has 0 amide bonds. The van der Waals surface area contributed by atoms with E-state index in [1.807, 2.05) is 24.3 Å². The van der Waals surface area contributed by atoms with Crippen molar-refractivity contribution in [3.8, 4) is 11.5 Å². The van der Waals surface area contributed by atoms with Crippen molar-refractivity contribution < 1.29 is 0 Å². The zero-order chi connectivity index (χ0) is 12.1. The number of nitrogens with zero attached hydrogens (tertiary/aromatic N) is 3. The topological polar surface area (TPSA) is 62.3 Å². The molecule has 2 aromatic heterocycles. The molecule has 18 heavy (non-hydrogen) atoms. The Kier molecular flexibility index (Phi) is 1.96. The zero-order valence-corrected chi connectivity index (χ0v) is 10.4. The Morgan fingerprint density at radius 1 is 1.17 bits per heavy atom. The number of rotatable bonds is 2. The lowest BCUT2D eigenvalue weighted by Gasteiger charge is -2.02. The summed E-state index contributed by atoms with van der Waals surface area (Å²) in [6.45, 7) is 0. The molecule has 0 unspecified atom stereocenters. The van der Waals surface area contributed by atoms with Gasteiger partial charge in [-0.15, -0.1) is 0 Å². The molecule has 3 aromatic rings. The van der Waals surface area contributed by atoms with Gasteiger partial charge in [0.25, 0.3) is 0 Å². The standard InChI is InChI=1S/C12H11N5S/c18-12-16-15-11(17(12)7-5-6-7)10-8-3-1-2-4-9(8)13-14-10/h1-4,7H,5-6H2,(H,13,14)(H,16,18). The van der Waals surface area contributed by atoms with Crippen LogP contribution in [0.2, 0.25) is 0 Å². The van der Waals surface area contributed by atoms with E-state index >= 15 is 0 Å². The van der Waals surface area contributed by atoms with Crippen LogP contribution in [-0.4, -0.2) is 25.0 Å². The van der Waals surface area contributed by atoms with E-state index in [4.69, 9.17) is 12.2 Å². The highest BCUT2D eigenvalue weighted by Crippen LogP contribution is 2.38. The van der Waals surface area contributed by atoms with E-state index in [1.54, 1.807) is 0 Å². The molecule has 0 aliphatic heterocycles. The van der Waals surface area contributed by atoms with E-state index in [9.17, 15) is 0 Å². The molecule has 2 heterocycles. The summed E-state index contributed by atoms with van der Waals surface area (Å²) in [5, 5.41) is 15.7. The maximum absolute atomic E-state index is 5.29. The first-order valence-corrected chi connectivity index (χ1v) is 6.36. The number of H-pyrrole nitrogens is 2. The second kappa shape index (κ2) is 3.52. The van der Waals surface area contributed by atoms with Gasteiger partial charge in [-0.05, 0) is 31.1 Å². The SMILES string of the molecule is S=c1[nH]nc(-c2n[nH]c3ccccc23)n1C1CC1. The van der Waals surface area contributed by atoms with Gasteiger partial charge in [0.1, 0.15) is 5.69 Å². The molecule has 0 radical (unpaired) electrons. The number of nitrogens with one attached hydrogen (secondary N) is 2. The number of hydrogen-bond acceptors (Lipinski definition) is 3. The molecular weight excluding hydrogens is 246 g/mol. The minimum Gasteiger partial charge on any atom is -0.296 e. The number of para-hydroxylation sites is 1. The smallest absolute Gasteiger partial charge is 0.195 e. The monoisotopic (exact) mass is 257 g/mol. The summed E-state index contributed by atoms with van der Waals surface area (Å²) in [4.78, 5) is 0. The molecule has 1 aliphatic carbocycles. The summed E-state index contributed by atoms with van der Waals surface area (Å²) in [5.41, 5.74) is 1.88. The van der Waals surface area contributed by atoms with E-state index in [0.717, 1.165) is 22.4 Å². The molecule has 0 atom stereocenters. The van der Waals surface area contributed by atoms with Crippen molar-refractivity contribution in [3.05, 3.63) is 29.0 Å². The summed E-state index contributed by atoms with van der Waals surface area (Å²) in [5.74, 6) is 0.833. The highest BCUT2D eigenvalue weighted by atomic mass is 32.1. The van der Waals surface area contributed by atoms with Crippen molar-refractivity contribution >= 4 is 23.1 Å². The van der Waals surface area contributed by atoms with Gasteiger partial charge in [0.05, 0.1) is 5.52 Å². The average Bonchev–Trinajstić information content (AvgIpc) is 3.02. The number of fused-ring (bicyclic) bond motifs is 1. The number of benzene rings is 1. The summed E-state index contributed by atoms with van der Waals surface area (Å²) < 4.78 is 2.76. The molecule has 0 spiro atoms. The normalized spacial score (nSPS) is 15.3. The van der Waals surface area contributed by atoms with Crippen LogP contribution in [-0.2, 0) is 0 Å². The van der Waals surface area contributed by atoms with Gasteiger partial charge in [-0.1, -0.05) is 18.2 Å². The van der Waals surface area contributed by atoms with Crippen LogP contribution < -0.4 is 0 Å². The van der Waals surface area contributed by atoms with Crippen LogP contribution in [0.1, 0.15) is 18.9 Å². The van der Waals surface area contributed by atoms with Gasteiger partial charge < -0.3 is 0 Å². The third kappa shape index (κ3) is 1.35. The van der Waals surface area contributed by atoms with Gasteiger partial charge in [-0.2, -0.15) is 10.2 Å². The number of aromatic nitrogens is 5. The fourth-order valence-corrected chi connectivity index (χ4v) is 2.56. The first kappa shape index (κ1) is 10.0. The van der Waals surface area contributed by atoms with Crippen LogP contribution in [0.15, 0.2) is 24.3 Å². The first-order valence-electron chi connectivity index (χ1n) is 5.95.